The molecule has 0 bridgehead atoms. The average Bonchev–Trinajstić information content (AvgIpc) is 4.13. The van der Waals surface area contributed by atoms with Crippen LogP contribution < -0.4 is 16.4 Å². The van der Waals surface area contributed by atoms with E-state index in [-0.39, 0.29) is 29.0 Å². The molecule has 0 amide bonds. The first-order valence-corrected chi connectivity index (χ1v) is 23.2. The molecule has 8 aromatic rings. The van der Waals surface area contributed by atoms with Crippen molar-refractivity contribution in [3.05, 3.63) is 140 Å². The number of nitrogens with two attached hydrogens (primary N) is 1. The Hall–Kier alpha value is -6.73. The molecule has 68 heavy (non-hydrogen) atoms. The van der Waals surface area contributed by atoms with E-state index in [1.807, 2.05) is 77.6 Å². The summed E-state index contributed by atoms with van der Waals surface area (Å²) in [7, 11) is 3.73. The van der Waals surface area contributed by atoms with Gasteiger partial charge in [0.25, 0.3) is 0 Å². The minimum atomic E-state index is -0.900. The van der Waals surface area contributed by atoms with Gasteiger partial charge >= 0.3 is 5.97 Å². The lowest BCUT2D eigenvalue weighted by atomic mass is 9.98. The highest BCUT2D eigenvalue weighted by molar-refractivity contribution is 7.14. The molecule has 5 N–H and O–H groups in total. The van der Waals surface area contributed by atoms with Crippen molar-refractivity contribution in [2.24, 2.45) is 19.8 Å². The molecular weight excluding hydrogens is 918 g/mol. The molecule has 0 aliphatic heterocycles. The van der Waals surface area contributed by atoms with Gasteiger partial charge in [0.15, 0.2) is 5.78 Å². The Morgan fingerprint density at radius 1 is 0.662 bits per heavy atom. The minimum Gasteiger partial charge on any atom is -0.477 e. The lowest BCUT2D eigenvalue weighted by Gasteiger charge is -2.13. The number of hydrogen-bond acceptors (Lipinski definition) is 15. The number of nitrogens with one attached hydrogen (secondary N) is 2. The molecule has 0 unspecified atom stereocenters. The summed E-state index contributed by atoms with van der Waals surface area (Å²) < 4.78 is 3.44. The summed E-state index contributed by atoms with van der Waals surface area (Å²) in [5.74, 6) is 0.314. The van der Waals surface area contributed by atoms with E-state index in [1.54, 1.807) is 40.3 Å². The van der Waals surface area contributed by atoms with Crippen LogP contribution in [0.2, 0.25) is 0 Å². The zero-order valence-electron chi connectivity index (χ0n) is 39.9. The zero-order chi connectivity index (χ0) is 48.5. The van der Waals surface area contributed by atoms with Crippen molar-refractivity contribution in [3.63, 3.8) is 0 Å². The monoisotopic (exact) mass is 975 g/mol. The molecule has 0 aliphatic carbocycles. The highest BCUT2D eigenvalue weighted by Crippen LogP contribution is 2.29. The van der Waals surface area contributed by atoms with Gasteiger partial charge in [0.05, 0.1) is 56.2 Å². The number of anilines is 4. The minimum absolute atomic E-state index is 0. The van der Waals surface area contributed by atoms with Crippen LogP contribution in [0, 0.1) is 13.8 Å². The highest BCUT2D eigenvalue weighted by Gasteiger charge is 2.21. The van der Waals surface area contributed by atoms with Crippen LogP contribution in [0.5, 0.6) is 0 Å². The van der Waals surface area contributed by atoms with Crippen LogP contribution in [0.3, 0.4) is 0 Å². The zero-order valence-corrected chi connectivity index (χ0v) is 42.3. The van der Waals surface area contributed by atoms with E-state index in [9.17, 15) is 9.59 Å². The molecule has 0 radical (unpaired) electrons. The maximum atomic E-state index is 12.7. The first kappa shape index (κ1) is 52.2. The summed E-state index contributed by atoms with van der Waals surface area (Å²) in [6, 6.07) is 16.2. The number of Topliss-reactive ketones (excluding diaryl/α,β-unsaturated/α-hetero) is 1. The third-order valence-electron chi connectivity index (χ3n) is 10.1. The summed E-state index contributed by atoms with van der Waals surface area (Å²) in [6.07, 6.45) is 15.0. The number of aromatic carboxylic acids is 1. The molecular formula is C49H58ClN13O3S2. The third kappa shape index (κ3) is 14.4. The summed E-state index contributed by atoms with van der Waals surface area (Å²) in [4.78, 5) is 50.5. The standard InChI is InChI=1S/C25H28N6OS.C16H18N6.C8H11NO2S.ClH/c1-16-12-18(20-10-11-26-24(30-20)29-19-13-28-31(5)15-19)7-6-17(16)8-9-21(32)22-14-27-23(33-22)25(2,3)4;1-11-7-12(3-4-13(11)8-17)15-5-6-18-16(21-15)20-14-9-19-22(2)10-14;1-8(2,3)7-9-4-5(12-7)6(10)11;/h6-7,10-15H,8-9H2,1-5H3,(H,26,29,30);3-7,9-10H,8,17H2,1-2H3,(H,18,20,21);4H,1-3H3,(H,10,11);1H. The second-order valence-corrected chi connectivity index (χ2v) is 19.9. The molecule has 0 atom stereocenters. The number of carbonyl (C=O) groups is 2. The molecule has 19 heteroatoms. The van der Waals surface area contributed by atoms with E-state index in [1.165, 1.54) is 34.4 Å². The number of rotatable bonds is 12. The second kappa shape index (κ2) is 22.8. The van der Waals surface area contributed by atoms with Gasteiger partial charge in [-0.25, -0.2) is 34.7 Å². The van der Waals surface area contributed by atoms with Crippen molar-refractivity contribution in [2.45, 2.75) is 85.6 Å². The Morgan fingerprint density at radius 2 is 1.12 bits per heavy atom. The van der Waals surface area contributed by atoms with E-state index in [0.717, 1.165) is 65.5 Å². The fourth-order valence-electron chi connectivity index (χ4n) is 6.45. The van der Waals surface area contributed by atoms with Gasteiger partial charge in [-0.1, -0.05) is 65.8 Å². The Kier molecular flexibility index (Phi) is 17.6. The van der Waals surface area contributed by atoms with Crippen LogP contribution >= 0.6 is 35.1 Å². The molecule has 8 rings (SSSR count). The predicted octanol–water partition coefficient (Wildman–Crippen LogP) is 10.4. The molecule has 0 spiro atoms. The number of halogens is 1. The number of benzene rings is 2. The summed E-state index contributed by atoms with van der Waals surface area (Å²) in [5, 5.41) is 25.1. The lowest BCUT2D eigenvalue weighted by molar-refractivity contribution is 0.0701. The summed E-state index contributed by atoms with van der Waals surface area (Å²) in [5.41, 5.74) is 15.7. The van der Waals surface area contributed by atoms with E-state index in [4.69, 9.17) is 10.8 Å². The van der Waals surface area contributed by atoms with E-state index < -0.39 is 5.97 Å². The second-order valence-electron chi connectivity index (χ2n) is 17.9. The van der Waals surface area contributed by atoms with Crippen molar-refractivity contribution in [1.82, 2.24) is 49.5 Å². The smallest absolute Gasteiger partial charge is 0.347 e. The van der Waals surface area contributed by atoms with Crippen LogP contribution in [-0.2, 0) is 37.9 Å². The van der Waals surface area contributed by atoms with E-state index in [0.29, 0.717) is 36.2 Å². The van der Waals surface area contributed by atoms with Crippen LogP contribution in [0.25, 0.3) is 22.5 Å². The van der Waals surface area contributed by atoms with Crippen LogP contribution in [0.1, 0.15) is 99.6 Å². The predicted molar refractivity (Wildman–Crippen MR) is 274 cm³/mol. The first-order valence-electron chi connectivity index (χ1n) is 21.5. The number of thiazole rings is 2. The Labute approximate surface area is 411 Å². The first-order chi connectivity index (χ1) is 31.7. The lowest BCUT2D eigenvalue weighted by Crippen LogP contribution is -2.09. The van der Waals surface area contributed by atoms with Crippen molar-refractivity contribution >= 4 is 70.1 Å². The highest BCUT2D eigenvalue weighted by atomic mass is 35.5. The molecule has 0 aliphatic rings. The van der Waals surface area contributed by atoms with Crippen LogP contribution in [0.4, 0.5) is 23.3 Å². The number of ketones is 1. The number of hydrogen-bond donors (Lipinski definition) is 4. The van der Waals surface area contributed by atoms with Crippen molar-refractivity contribution in [3.8, 4) is 22.5 Å². The molecule has 16 nitrogen and oxygen atoms in total. The molecule has 0 saturated heterocycles. The number of nitrogens with zero attached hydrogens (tertiary/aromatic N) is 10. The van der Waals surface area contributed by atoms with Crippen molar-refractivity contribution in [2.75, 3.05) is 10.6 Å². The SMILES string of the molecule is CC(C)(C)c1ncc(C(=O)O)s1.Cc1cc(-c2ccnc(Nc3cnn(C)c3)n2)ccc1CCC(=O)c1cnc(C(C)(C)C)s1.Cc1cc(-c2ccnc(Nc3cnn(C)c3)n2)ccc1CN.Cl. The maximum Gasteiger partial charge on any atom is 0.347 e. The molecule has 6 aromatic heterocycles. The number of aromatic nitrogens is 10. The van der Waals surface area contributed by atoms with E-state index >= 15 is 0 Å². The summed E-state index contributed by atoms with van der Waals surface area (Å²) in [6.45, 7) is 17.0. The Balaban J connectivity index is 0.000000212. The molecule has 2 aromatic carbocycles. The molecule has 6 heterocycles. The van der Waals surface area contributed by atoms with Gasteiger partial charge in [0.1, 0.15) is 4.88 Å². The van der Waals surface area contributed by atoms with Gasteiger partial charge < -0.3 is 21.5 Å². The van der Waals surface area contributed by atoms with Gasteiger partial charge in [-0.3, -0.25) is 14.2 Å². The maximum absolute atomic E-state index is 12.7. The summed E-state index contributed by atoms with van der Waals surface area (Å²) >= 11 is 2.74. The normalized spacial score (nSPS) is 11.1. The van der Waals surface area contributed by atoms with Gasteiger partial charge in [-0.2, -0.15) is 10.2 Å². The van der Waals surface area contributed by atoms with E-state index in [2.05, 4.69) is 104 Å². The van der Waals surface area contributed by atoms with Crippen LogP contribution in [-0.4, -0.2) is 66.3 Å². The van der Waals surface area contributed by atoms with Crippen molar-refractivity contribution < 1.29 is 14.7 Å². The van der Waals surface area contributed by atoms with Gasteiger partial charge in [0, 0.05) is 80.0 Å². The number of aryl methyl sites for hydroxylation is 5. The topological polar surface area (TPSA) is 217 Å². The Bertz CT molecular complexity index is 2960. The number of carbonyl (C=O) groups excluding carboxylic acids is 1. The fourth-order valence-corrected chi connectivity index (χ4v) is 8.20. The molecule has 356 valence electrons. The quantitative estimate of drug-likeness (QED) is 0.0838. The third-order valence-corrected chi connectivity index (χ3v) is 13.0. The van der Waals surface area contributed by atoms with Gasteiger partial charge in [-0.05, 0) is 66.8 Å². The number of carboxylic acids is 1. The fraction of sp³-hybridized carbons (Fsp3) is 0.306. The van der Waals surface area contributed by atoms with Gasteiger partial charge in [0.2, 0.25) is 11.9 Å². The Morgan fingerprint density at radius 3 is 1.50 bits per heavy atom. The van der Waals surface area contributed by atoms with Gasteiger partial charge in [-0.15, -0.1) is 35.1 Å². The van der Waals surface area contributed by atoms with Crippen LogP contribution in [0.15, 0.2) is 98.1 Å². The van der Waals surface area contributed by atoms with Crippen molar-refractivity contribution in [1.29, 1.82) is 0 Å². The average molecular weight is 977 g/mol. The molecule has 0 saturated carbocycles. The number of carboxylic acid groups (broad SMARTS) is 1. The molecule has 0 fully saturated rings. The largest absolute Gasteiger partial charge is 0.477 e.